The van der Waals surface area contributed by atoms with Gasteiger partial charge >= 0.3 is 0 Å². The molecule has 6 nitrogen and oxygen atoms in total. The molecule has 29 aromatic rings. The first-order chi connectivity index (χ1) is 65.5. The van der Waals surface area contributed by atoms with E-state index < -0.39 is 0 Å². The van der Waals surface area contributed by atoms with Crippen LogP contribution in [0.4, 0.5) is 0 Å². The van der Waals surface area contributed by atoms with E-state index in [1.165, 1.54) is 184 Å². The Bertz CT molecular complexity index is 9890. The molecule has 0 radical (unpaired) electrons. The van der Waals surface area contributed by atoms with Crippen LogP contribution in [0.5, 0.6) is 0 Å². The number of benzene rings is 21. The van der Waals surface area contributed by atoms with Crippen molar-refractivity contribution in [2.45, 2.75) is 0 Å². The van der Waals surface area contributed by atoms with Crippen molar-refractivity contribution in [2.24, 2.45) is 0 Å². The Kier molecular flexibility index (Phi) is 17.7. The monoisotopic (exact) mass is 1750 g/mol. The van der Waals surface area contributed by atoms with Crippen LogP contribution in [0.2, 0.25) is 0 Å². The summed E-state index contributed by atoms with van der Waals surface area (Å²) in [4.78, 5) is 31.4. The van der Waals surface area contributed by atoms with E-state index >= 15 is 0 Å². The Morgan fingerprint density at radius 3 is 1.08 bits per heavy atom. The van der Waals surface area contributed by atoms with Crippen molar-refractivity contribution in [2.75, 3.05) is 0 Å². The van der Waals surface area contributed by atoms with Gasteiger partial charge in [0.2, 0.25) is 0 Å². The summed E-state index contributed by atoms with van der Waals surface area (Å²) < 4.78 is 10.6. The van der Waals surface area contributed by atoms with E-state index in [2.05, 4.69) is 388 Å². The Morgan fingerprint density at radius 2 is 0.530 bits per heavy atom. The van der Waals surface area contributed by atoms with Gasteiger partial charge in [-0.3, -0.25) is 0 Å². The molecule has 8 heterocycles. The molecule has 21 aromatic carbocycles. The minimum atomic E-state index is 0.700. The minimum absolute atomic E-state index is 0.700. The summed E-state index contributed by atoms with van der Waals surface area (Å²) in [5.74, 6) is 1.45. The molecule has 0 fully saturated rings. The lowest BCUT2D eigenvalue weighted by molar-refractivity contribution is 1.18. The van der Waals surface area contributed by atoms with Crippen LogP contribution in [-0.2, 0) is 0 Å². The maximum atomic E-state index is 5.54. The number of aromatic nitrogens is 6. The lowest BCUT2D eigenvalue weighted by Crippen LogP contribution is -1.99. The van der Waals surface area contributed by atoms with Crippen molar-refractivity contribution >= 4 is 245 Å². The van der Waals surface area contributed by atoms with E-state index in [1.807, 2.05) is 81.9 Å². The zero-order chi connectivity index (χ0) is 86.6. The van der Waals surface area contributed by atoms with Gasteiger partial charge in [-0.1, -0.05) is 364 Å². The number of pyridine rings is 2. The Hall–Kier alpha value is -16.2. The number of para-hydroxylation sites is 2. The third-order valence-corrected chi connectivity index (χ3v) is 31.4. The van der Waals surface area contributed by atoms with Gasteiger partial charge < -0.3 is 0 Å². The quantitative estimate of drug-likeness (QED) is 0.148. The number of rotatable bonds is 7. The van der Waals surface area contributed by atoms with Crippen LogP contribution in [0.25, 0.3) is 279 Å². The fourth-order valence-electron chi connectivity index (χ4n) is 20.8. The van der Waals surface area contributed by atoms with Crippen LogP contribution in [0.1, 0.15) is 0 Å². The largest absolute Gasteiger partial charge is 0.248 e. The zero-order valence-electron chi connectivity index (χ0n) is 70.7. The van der Waals surface area contributed by atoms with Gasteiger partial charge in [0.05, 0.1) is 39.3 Å². The summed E-state index contributed by atoms with van der Waals surface area (Å²) in [5, 5.41) is 33.9. The summed E-state index contributed by atoms with van der Waals surface area (Å²) in [5.41, 5.74) is 15.4. The van der Waals surface area contributed by atoms with Crippen molar-refractivity contribution < 1.29 is 0 Å². The molecule has 0 aliphatic carbocycles. The topological polar surface area (TPSA) is 77.3 Å². The molecule has 0 atom stereocenters. The lowest BCUT2D eigenvalue weighted by Gasteiger charge is -2.16. The van der Waals surface area contributed by atoms with Crippen LogP contribution in [0, 0.1) is 0 Å². The van der Waals surface area contributed by atoms with E-state index in [-0.39, 0.29) is 0 Å². The molecule has 10 heteroatoms. The molecule has 0 amide bonds. The molecule has 0 aliphatic heterocycles. The summed E-state index contributed by atoms with van der Waals surface area (Å²) in [6, 6.07) is 150. The number of fused-ring (bicyclic) bond motifs is 35. The molecule has 8 aromatic heterocycles. The molecule has 612 valence electrons. The predicted octanol–water partition coefficient (Wildman–Crippen LogP) is 35.3. The highest BCUT2D eigenvalue weighted by Gasteiger charge is 2.27. The number of hydrogen-bond acceptors (Lipinski definition) is 10. The smallest absolute Gasteiger partial charge is 0.161 e. The van der Waals surface area contributed by atoms with E-state index in [9.17, 15) is 0 Å². The average molecular weight is 1750 g/mol. The molecule has 132 heavy (non-hydrogen) atoms. The second-order valence-corrected chi connectivity index (χ2v) is 38.1. The Balaban J connectivity index is 0.000000102. The van der Waals surface area contributed by atoms with Gasteiger partial charge in [0.15, 0.2) is 11.6 Å². The molecule has 0 unspecified atom stereocenters. The van der Waals surface area contributed by atoms with Crippen molar-refractivity contribution in [3.05, 3.63) is 425 Å². The first kappa shape index (κ1) is 75.9. The predicted molar refractivity (Wildman–Crippen MR) is 568 cm³/mol. The van der Waals surface area contributed by atoms with Gasteiger partial charge in [-0.15, -0.1) is 45.3 Å². The SMILES string of the molecule is c1ccc(-c2nc(-c3cc4c5ccccc5c5c6ccccc6sc5c4c4ccccc34)nc3ccccc23)cc1.c1ccc(-c2ncc(-c3nc4c5ccccc5c5c6ccccc6sc5c4c4ccccc34)c(-c3ccccc3)n2)cc1.c1ccc2c(-c3cccc4c3sc3ccccc34)cc(-c3cc4c5ccccc5c5c6ccccc6sc5c4c4ccccc34)nc2c1. The van der Waals surface area contributed by atoms with Gasteiger partial charge in [-0.2, -0.15) is 0 Å². The second-order valence-electron chi connectivity index (χ2n) is 33.9. The van der Waals surface area contributed by atoms with Crippen LogP contribution < -0.4 is 0 Å². The van der Waals surface area contributed by atoms with Gasteiger partial charge in [-0.05, 0) is 125 Å². The van der Waals surface area contributed by atoms with Gasteiger partial charge in [-0.25, -0.2) is 29.9 Å². The van der Waals surface area contributed by atoms with E-state index in [0.29, 0.717) is 5.82 Å². The summed E-state index contributed by atoms with van der Waals surface area (Å²) in [6.45, 7) is 0. The van der Waals surface area contributed by atoms with E-state index in [0.717, 1.165) is 89.1 Å². The second kappa shape index (κ2) is 30.8. The molecule has 0 bridgehead atoms. The van der Waals surface area contributed by atoms with Crippen LogP contribution in [0.15, 0.2) is 425 Å². The van der Waals surface area contributed by atoms with Crippen molar-refractivity contribution in [3.8, 4) is 78.9 Å². The maximum absolute atomic E-state index is 5.54. The standard InChI is InChI=1S/C45H25NS2.C39H23N3S.C38H22N2S/c1-3-16-30-26(12-1)36(24-37-27-13-2-4-17-31(27)42-34-18-7-10-23-41(34)48-45(42)43(30)37)39-25-35(28-14-5-8-21-38(28)46-39)33-20-11-19-32-29-15-6-9-22-40(29)47-44(32)33;1-3-13-24(14-4-1)35-31(23-40-39(42-35)25-15-5-2-6-16-25)36-28-19-9-8-18-27(28)34-37(41-36)29-20-10-7-17-26(29)33-30-21-11-12-22-32(30)43-38(33)34;1-2-12-23(13-3-1)36-28-18-8-10-20-32(28)39-38(40-36)31-22-30-24-14-4-6-16-26(24)34-29-19-9-11-21-33(29)41-37(34)35(30)27-17-7-5-15-25(27)31/h1-25H;1-23H;1-22H. The van der Waals surface area contributed by atoms with E-state index in [1.54, 1.807) is 0 Å². The van der Waals surface area contributed by atoms with Crippen LogP contribution in [-0.4, -0.2) is 29.9 Å². The highest BCUT2D eigenvalue weighted by atomic mass is 32.1. The lowest BCUT2D eigenvalue weighted by atomic mass is 9.89. The van der Waals surface area contributed by atoms with E-state index in [4.69, 9.17) is 29.9 Å². The molecule has 0 N–H and O–H groups in total. The highest BCUT2D eigenvalue weighted by Crippen LogP contribution is 2.54. The third-order valence-electron chi connectivity index (χ3n) is 26.6. The zero-order valence-corrected chi connectivity index (χ0v) is 74.0. The van der Waals surface area contributed by atoms with Gasteiger partial charge in [0.25, 0.3) is 0 Å². The number of hydrogen-bond donors (Lipinski definition) is 0. The fraction of sp³-hybridized carbons (Fsp3) is 0. The van der Waals surface area contributed by atoms with Crippen molar-refractivity contribution in [1.82, 2.24) is 29.9 Å². The molecular formula is C122H70N6S4. The maximum Gasteiger partial charge on any atom is 0.161 e. The van der Waals surface area contributed by atoms with Crippen molar-refractivity contribution in [1.29, 1.82) is 0 Å². The Labute approximate surface area is 772 Å². The number of nitrogens with zero attached hydrogens (tertiary/aromatic N) is 6. The minimum Gasteiger partial charge on any atom is -0.248 e. The fourth-order valence-corrected chi connectivity index (χ4v) is 25.9. The van der Waals surface area contributed by atoms with Gasteiger partial charge in [0, 0.05) is 164 Å². The summed E-state index contributed by atoms with van der Waals surface area (Å²) in [6.07, 6.45) is 1.96. The van der Waals surface area contributed by atoms with Gasteiger partial charge in [0.1, 0.15) is 0 Å². The molecule has 0 aliphatic rings. The highest BCUT2D eigenvalue weighted by molar-refractivity contribution is 7.28. The Morgan fingerprint density at radius 1 is 0.167 bits per heavy atom. The first-order valence-corrected chi connectivity index (χ1v) is 47.8. The molecule has 29 rings (SSSR count). The third kappa shape index (κ3) is 12.0. The molecular weight excluding hydrogens is 1680 g/mol. The average Bonchev–Trinajstić information content (AvgIpc) is 1.49. The van der Waals surface area contributed by atoms with Crippen LogP contribution in [0.3, 0.4) is 0 Å². The molecule has 0 saturated carbocycles. The van der Waals surface area contributed by atoms with Crippen molar-refractivity contribution in [3.63, 3.8) is 0 Å². The number of thiophene rings is 4. The molecule has 0 spiro atoms. The summed E-state index contributed by atoms with van der Waals surface area (Å²) >= 11 is 7.55. The summed E-state index contributed by atoms with van der Waals surface area (Å²) in [7, 11) is 0. The first-order valence-electron chi connectivity index (χ1n) is 44.5. The normalized spacial score (nSPS) is 11.9. The van der Waals surface area contributed by atoms with Crippen LogP contribution >= 0.6 is 45.3 Å². The molecule has 0 saturated heterocycles.